The number of nitrogens with zero attached hydrogens (tertiary/aromatic N) is 1. The molecule has 0 spiro atoms. The van der Waals surface area contributed by atoms with Crippen LogP contribution in [0, 0.1) is 11.3 Å². The van der Waals surface area contributed by atoms with Gasteiger partial charge in [-0.2, -0.15) is 5.26 Å². The van der Waals surface area contributed by atoms with Gasteiger partial charge in [0.15, 0.2) is 0 Å². The molecule has 1 atom stereocenters. The summed E-state index contributed by atoms with van der Waals surface area (Å²) in [6, 6.07) is 8.71. The molecule has 0 radical (unpaired) electrons. The van der Waals surface area contributed by atoms with Crippen molar-refractivity contribution >= 4 is 5.91 Å². The van der Waals surface area contributed by atoms with E-state index < -0.39 is 6.10 Å². The smallest absolute Gasteiger partial charge is 0.234 e. The average molecular weight is 277 g/mol. The van der Waals surface area contributed by atoms with E-state index in [0.717, 1.165) is 0 Å². The summed E-state index contributed by atoms with van der Waals surface area (Å²) in [4.78, 5) is 11.4. The number of nitriles is 1. The predicted molar refractivity (Wildman–Crippen MR) is 73.9 cm³/mol. The highest BCUT2D eigenvalue weighted by molar-refractivity contribution is 5.77. The molecular formula is C14H19N3O3. The van der Waals surface area contributed by atoms with Gasteiger partial charge in [0.05, 0.1) is 30.9 Å². The maximum absolute atomic E-state index is 11.4. The number of hydrogen-bond donors (Lipinski definition) is 3. The van der Waals surface area contributed by atoms with Gasteiger partial charge in [0.2, 0.25) is 5.91 Å². The highest BCUT2D eigenvalue weighted by Gasteiger charge is 2.08. The number of hydrogen-bond acceptors (Lipinski definition) is 5. The van der Waals surface area contributed by atoms with Gasteiger partial charge in [-0.25, -0.2) is 0 Å². The first kappa shape index (κ1) is 16.1. The third-order valence-electron chi connectivity index (χ3n) is 2.68. The lowest BCUT2D eigenvalue weighted by Crippen LogP contribution is -2.37. The third-order valence-corrected chi connectivity index (χ3v) is 2.68. The SMILES string of the molecule is COCCNC(=O)CNCC(O)c1ccc(C#N)cc1. The lowest BCUT2D eigenvalue weighted by Gasteiger charge is -2.12. The van der Waals surface area contributed by atoms with Crippen LogP contribution in [-0.4, -0.2) is 44.4 Å². The molecule has 0 bridgehead atoms. The van der Waals surface area contributed by atoms with Crippen molar-refractivity contribution in [2.45, 2.75) is 6.10 Å². The molecule has 0 saturated heterocycles. The molecule has 20 heavy (non-hydrogen) atoms. The van der Waals surface area contributed by atoms with Gasteiger partial charge < -0.3 is 20.5 Å². The van der Waals surface area contributed by atoms with Gasteiger partial charge in [0.1, 0.15) is 0 Å². The number of aliphatic hydroxyl groups is 1. The van der Waals surface area contributed by atoms with E-state index in [2.05, 4.69) is 10.6 Å². The van der Waals surface area contributed by atoms with E-state index in [-0.39, 0.29) is 19.0 Å². The number of methoxy groups -OCH3 is 1. The first-order chi connectivity index (χ1) is 9.67. The van der Waals surface area contributed by atoms with E-state index in [0.29, 0.717) is 24.3 Å². The van der Waals surface area contributed by atoms with Crippen molar-refractivity contribution in [3.63, 3.8) is 0 Å². The van der Waals surface area contributed by atoms with Crippen LogP contribution in [0.5, 0.6) is 0 Å². The summed E-state index contributed by atoms with van der Waals surface area (Å²) in [7, 11) is 1.57. The molecule has 1 rings (SSSR count). The fourth-order valence-corrected chi connectivity index (χ4v) is 1.58. The molecule has 0 fully saturated rings. The molecule has 1 aromatic rings. The zero-order valence-corrected chi connectivity index (χ0v) is 11.4. The fraction of sp³-hybridized carbons (Fsp3) is 0.429. The van der Waals surface area contributed by atoms with Crippen LogP contribution in [-0.2, 0) is 9.53 Å². The summed E-state index contributed by atoms with van der Waals surface area (Å²) < 4.78 is 4.81. The first-order valence-corrected chi connectivity index (χ1v) is 6.32. The zero-order chi connectivity index (χ0) is 14.8. The van der Waals surface area contributed by atoms with Gasteiger partial charge in [-0.1, -0.05) is 12.1 Å². The van der Waals surface area contributed by atoms with Crippen LogP contribution in [0.1, 0.15) is 17.2 Å². The lowest BCUT2D eigenvalue weighted by molar-refractivity contribution is -0.120. The number of nitrogens with one attached hydrogen (secondary N) is 2. The van der Waals surface area contributed by atoms with Gasteiger partial charge in [-0.3, -0.25) is 4.79 Å². The van der Waals surface area contributed by atoms with E-state index in [1.165, 1.54) is 0 Å². The highest BCUT2D eigenvalue weighted by Crippen LogP contribution is 2.12. The van der Waals surface area contributed by atoms with Crippen LogP contribution in [0.15, 0.2) is 24.3 Å². The second-order valence-electron chi connectivity index (χ2n) is 4.22. The minimum Gasteiger partial charge on any atom is -0.387 e. The highest BCUT2D eigenvalue weighted by atomic mass is 16.5. The Morgan fingerprint density at radius 2 is 2.15 bits per heavy atom. The summed E-state index contributed by atoms with van der Waals surface area (Å²) >= 11 is 0. The van der Waals surface area contributed by atoms with Crippen LogP contribution >= 0.6 is 0 Å². The molecule has 0 aliphatic rings. The monoisotopic (exact) mass is 277 g/mol. The van der Waals surface area contributed by atoms with E-state index in [1.807, 2.05) is 6.07 Å². The molecule has 0 saturated carbocycles. The van der Waals surface area contributed by atoms with Crippen molar-refractivity contribution in [3.8, 4) is 6.07 Å². The molecule has 108 valence electrons. The normalized spacial score (nSPS) is 11.7. The second-order valence-corrected chi connectivity index (χ2v) is 4.22. The Morgan fingerprint density at radius 1 is 1.45 bits per heavy atom. The summed E-state index contributed by atoms with van der Waals surface area (Å²) in [6.45, 7) is 1.34. The van der Waals surface area contributed by atoms with E-state index >= 15 is 0 Å². The summed E-state index contributed by atoms with van der Waals surface area (Å²) in [5.74, 6) is -0.144. The summed E-state index contributed by atoms with van der Waals surface area (Å²) in [6.07, 6.45) is -0.713. The molecule has 1 amide bonds. The predicted octanol–water partition coefficient (Wildman–Crippen LogP) is -0.0561. The van der Waals surface area contributed by atoms with Gasteiger partial charge in [0, 0.05) is 20.2 Å². The Balaban J connectivity index is 2.27. The van der Waals surface area contributed by atoms with Gasteiger partial charge in [0.25, 0.3) is 0 Å². The van der Waals surface area contributed by atoms with Crippen molar-refractivity contribution in [1.82, 2.24) is 10.6 Å². The maximum atomic E-state index is 11.4. The Morgan fingerprint density at radius 3 is 2.75 bits per heavy atom. The number of carbonyl (C=O) groups is 1. The van der Waals surface area contributed by atoms with Gasteiger partial charge in [-0.05, 0) is 17.7 Å². The zero-order valence-electron chi connectivity index (χ0n) is 11.4. The molecule has 0 aliphatic carbocycles. The minimum atomic E-state index is -0.713. The Labute approximate surface area is 118 Å². The summed E-state index contributed by atoms with van der Waals surface area (Å²) in [5, 5.41) is 24.1. The van der Waals surface area contributed by atoms with Crippen molar-refractivity contribution in [3.05, 3.63) is 35.4 Å². The first-order valence-electron chi connectivity index (χ1n) is 6.32. The van der Waals surface area contributed by atoms with Crippen LogP contribution in [0.25, 0.3) is 0 Å². The number of carbonyl (C=O) groups excluding carboxylic acids is 1. The number of benzene rings is 1. The fourth-order valence-electron chi connectivity index (χ4n) is 1.58. The van der Waals surface area contributed by atoms with Crippen LogP contribution in [0.4, 0.5) is 0 Å². The van der Waals surface area contributed by atoms with E-state index in [4.69, 9.17) is 10.00 Å². The number of ether oxygens (including phenoxy) is 1. The Bertz CT molecular complexity index is 454. The molecule has 1 aromatic carbocycles. The molecule has 1 unspecified atom stereocenters. The number of amides is 1. The Kier molecular flexibility index (Phi) is 7.29. The van der Waals surface area contributed by atoms with Crippen LogP contribution in [0.3, 0.4) is 0 Å². The molecule has 0 heterocycles. The lowest BCUT2D eigenvalue weighted by atomic mass is 10.1. The number of aliphatic hydroxyl groups excluding tert-OH is 1. The van der Waals surface area contributed by atoms with Crippen molar-refractivity contribution in [2.75, 3.05) is 33.4 Å². The van der Waals surface area contributed by atoms with Gasteiger partial charge in [-0.15, -0.1) is 0 Å². The van der Waals surface area contributed by atoms with Crippen LogP contribution < -0.4 is 10.6 Å². The molecule has 3 N–H and O–H groups in total. The quantitative estimate of drug-likeness (QED) is 0.579. The largest absolute Gasteiger partial charge is 0.387 e. The Hall–Kier alpha value is -1.94. The maximum Gasteiger partial charge on any atom is 0.234 e. The van der Waals surface area contributed by atoms with E-state index in [9.17, 15) is 9.90 Å². The molecule has 0 aliphatic heterocycles. The van der Waals surface area contributed by atoms with Crippen molar-refractivity contribution in [1.29, 1.82) is 5.26 Å². The van der Waals surface area contributed by atoms with Crippen LogP contribution in [0.2, 0.25) is 0 Å². The summed E-state index contributed by atoms with van der Waals surface area (Å²) in [5.41, 5.74) is 1.25. The molecular weight excluding hydrogens is 258 g/mol. The number of rotatable bonds is 8. The third kappa shape index (κ3) is 5.80. The van der Waals surface area contributed by atoms with Gasteiger partial charge >= 0.3 is 0 Å². The molecule has 0 aromatic heterocycles. The average Bonchev–Trinajstić information content (AvgIpc) is 2.47. The minimum absolute atomic E-state index is 0.136. The van der Waals surface area contributed by atoms with Crippen molar-refractivity contribution < 1.29 is 14.6 Å². The van der Waals surface area contributed by atoms with E-state index in [1.54, 1.807) is 31.4 Å². The standard InChI is InChI=1S/C14H19N3O3/c1-20-7-6-17-14(19)10-16-9-13(18)12-4-2-11(8-15)3-5-12/h2-5,13,16,18H,6-7,9-10H2,1H3,(H,17,19). The second kappa shape index (κ2) is 9.04. The van der Waals surface area contributed by atoms with Crippen molar-refractivity contribution in [2.24, 2.45) is 0 Å². The molecule has 6 nitrogen and oxygen atoms in total. The molecule has 6 heteroatoms. The topological polar surface area (TPSA) is 94.4 Å².